The molecule has 20 heavy (non-hydrogen) atoms. The average molecular weight is 275 g/mol. The van der Waals surface area contributed by atoms with Crippen molar-refractivity contribution >= 4 is 0 Å². The van der Waals surface area contributed by atoms with Crippen molar-refractivity contribution in [2.45, 2.75) is 53.7 Å². The number of aryl methyl sites for hydroxylation is 4. The van der Waals surface area contributed by atoms with Gasteiger partial charge in [-0.25, -0.2) is 0 Å². The lowest BCUT2D eigenvalue weighted by Crippen LogP contribution is -2.11. The fourth-order valence-electron chi connectivity index (χ4n) is 2.18. The van der Waals surface area contributed by atoms with E-state index in [2.05, 4.69) is 0 Å². The summed E-state index contributed by atoms with van der Waals surface area (Å²) in [6, 6.07) is 7.57. The smallest absolute Gasteiger partial charge is 0.0280 e. The summed E-state index contributed by atoms with van der Waals surface area (Å²) < 4.78 is 71.0. The van der Waals surface area contributed by atoms with Crippen LogP contribution in [0, 0.1) is 27.5 Å². The minimum Gasteiger partial charge on any atom is -0.0579 e. The first-order chi connectivity index (χ1) is 12.8. The zero-order chi connectivity index (χ0) is 22.6. The van der Waals surface area contributed by atoms with Gasteiger partial charge in [0.2, 0.25) is 0 Å². The Morgan fingerprint density at radius 1 is 0.750 bits per heavy atom. The van der Waals surface area contributed by atoms with Gasteiger partial charge >= 0.3 is 0 Å². The van der Waals surface area contributed by atoms with Gasteiger partial charge in [-0.2, -0.15) is 0 Å². The van der Waals surface area contributed by atoms with Crippen LogP contribution in [0.2, 0.25) is 0 Å². The molecule has 0 saturated heterocycles. The number of rotatable bonds is 1. The summed E-state index contributed by atoms with van der Waals surface area (Å²) in [6.07, 6.45) is 0. The molecule has 2 rings (SSSR count). The van der Waals surface area contributed by atoms with Crippen molar-refractivity contribution in [3.8, 4) is 11.1 Å². The normalized spacial score (nSPS) is 20.3. The minimum absolute atomic E-state index is 0.00997. The van der Waals surface area contributed by atoms with Crippen LogP contribution in [0.25, 0.3) is 11.1 Å². The molecule has 0 saturated carbocycles. The molecule has 0 aliphatic heterocycles. The fraction of sp³-hybridized carbons (Fsp3) is 0.400. The molecule has 2 aromatic carbocycles. The van der Waals surface area contributed by atoms with Gasteiger partial charge in [-0.15, -0.1) is 0 Å². The zero-order valence-electron chi connectivity index (χ0n) is 21.4. The van der Waals surface area contributed by atoms with E-state index >= 15 is 0 Å². The van der Waals surface area contributed by atoms with Crippen molar-refractivity contribution in [3.05, 3.63) is 58.1 Å². The van der Waals surface area contributed by atoms with Gasteiger partial charge in [-0.1, -0.05) is 51.1 Å². The highest BCUT2D eigenvalue weighted by Crippen LogP contribution is 2.32. The zero-order valence-corrected chi connectivity index (χ0v) is 12.4. The summed E-state index contributed by atoms with van der Waals surface area (Å²) in [7, 11) is 0. The van der Waals surface area contributed by atoms with Crippen molar-refractivity contribution in [2.75, 3.05) is 0 Å². The van der Waals surface area contributed by atoms with Crippen LogP contribution in [0.3, 0.4) is 0 Å². The van der Waals surface area contributed by atoms with Gasteiger partial charge in [0.1, 0.15) is 0 Å². The van der Waals surface area contributed by atoms with Gasteiger partial charge in [0.05, 0.1) is 0 Å². The van der Waals surface area contributed by atoms with E-state index in [1.165, 1.54) is 12.1 Å². The third-order valence-electron chi connectivity index (χ3n) is 3.54. The molecule has 0 bridgehead atoms. The van der Waals surface area contributed by atoms with Gasteiger partial charge in [0, 0.05) is 12.3 Å². The number of hydrogen-bond donors (Lipinski definition) is 0. The van der Waals surface area contributed by atoms with E-state index in [0.717, 1.165) is 5.56 Å². The van der Waals surface area contributed by atoms with E-state index in [-0.39, 0.29) is 33.2 Å². The summed E-state index contributed by atoms with van der Waals surface area (Å²) >= 11 is 0. The predicted octanol–water partition coefficient (Wildman–Crippen LogP) is 5.88. The van der Waals surface area contributed by atoms with E-state index in [1.807, 2.05) is 20.8 Å². The van der Waals surface area contributed by atoms with E-state index < -0.39 is 20.6 Å². The lowest BCUT2D eigenvalue weighted by Gasteiger charge is -2.21. The monoisotopic (exact) mass is 275 g/mol. The maximum atomic E-state index is 7.99. The van der Waals surface area contributed by atoms with Gasteiger partial charge in [0.25, 0.3) is 0 Å². The van der Waals surface area contributed by atoms with Crippen LogP contribution in [0.4, 0.5) is 0 Å². The van der Waals surface area contributed by atoms with Crippen LogP contribution < -0.4 is 0 Å². The molecule has 0 aliphatic rings. The Kier molecular flexibility index (Phi) is 1.76. The Hall–Kier alpha value is -1.56. The van der Waals surface area contributed by atoms with Gasteiger partial charge in [-0.05, 0) is 71.8 Å². The molecule has 0 unspecified atom stereocenters. The van der Waals surface area contributed by atoms with E-state index in [9.17, 15) is 0 Å². The summed E-state index contributed by atoms with van der Waals surface area (Å²) in [5, 5.41) is 0. The van der Waals surface area contributed by atoms with E-state index in [0.29, 0.717) is 5.56 Å². The lowest BCUT2D eigenvalue weighted by molar-refractivity contribution is 0.590. The summed E-state index contributed by atoms with van der Waals surface area (Å²) in [5.41, 5.74) is 1.13. The summed E-state index contributed by atoms with van der Waals surface area (Å²) in [5.74, 6) is 0. The second kappa shape index (κ2) is 5.09. The van der Waals surface area contributed by atoms with Crippen molar-refractivity contribution in [1.29, 1.82) is 0 Å². The molecule has 0 amide bonds. The van der Waals surface area contributed by atoms with E-state index in [1.54, 1.807) is 25.1 Å². The maximum Gasteiger partial charge on any atom is 0.0280 e. The van der Waals surface area contributed by atoms with Crippen LogP contribution in [0.5, 0.6) is 0 Å². The van der Waals surface area contributed by atoms with Crippen LogP contribution in [-0.4, -0.2) is 0 Å². The van der Waals surface area contributed by atoms with Gasteiger partial charge < -0.3 is 0 Å². The lowest BCUT2D eigenvalue weighted by atomic mass is 9.84. The van der Waals surface area contributed by atoms with Crippen LogP contribution in [0.15, 0.2) is 30.3 Å². The molecule has 0 spiro atoms. The van der Waals surface area contributed by atoms with Gasteiger partial charge in [0.15, 0.2) is 0 Å². The van der Waals surface area contributed by atoms with Crippen LogP contribution in [0.1, 0.15) is 60.9 Å². The third-order valence-corrected chi connectivity index (χ3v) is 3.54. The highest BCUT2D eigenvalue weighted by Gasteiger charge is 2.15. The Morgan fingerprint density at radius 3 is 2.00 bits per heavy atom. The molecule has 0 heteroatoms. The number of hydrogen-bond acceptors (Lipinski definition) is 0. The minimum atomic E-state index is -2.53. The predicted molar refractivity (Wildman–Crippen MR) is 89.5 cm³/mol. The molecule has 106 valence electrons. The molecule has 0 aliphatic carbocycles. The quantitative estimate of drug-likeness (QED) is 0.609. The average Bonchev–Trinajstić information content (AvgIpc) is 2.50. The first-order valence-electron chi connectivity index (χ1n) is 11.1. The first-order valence-corrected chi connectivity index (χ1v) is 6.64. The number of benzene rings is 2. The van der Waals surface area contributed by atoms with Crippen LogP contribution >= 0.6 is 0 Å². The Balaban J connectivity index is 2.96. The largest absolute Gasteiger partial charge is 0.0579 e. The third kappa shape index (κ3) is 2.80. The van der Waals surface area contributed by atoms with Crippen molar-refractivity contribution in [3.63, 3.8) is 0 Å². The first kappa shape index (κ1) is 6.93. The van der Waals surface area contributed by atoms with Crippen molar-refractivity contribution < 1.29 is 12.3 Å². The second-order valence-corrected chi connectivity index (χ2v) is 6.22. The molecule has 0 nitrogen and oxygen atoms in total. The maximum absolute atomic E-state index is 7.99. The standard InChI is InChI=1S/C20H26/c1-13-10-15(3)19(12-14(13)2)18-9-8-17(11-16(18)4)20(5,6)7/h8-12H,1-7H3/i2D3,3D3,4D3. The molecule has 0 radical (unpaired) electrons. The van der Waals surface area contributed by atoms with E-state index in [4.69, 9.17) is 12.3 Å². The summed E-state index contributed by atoms with van der Waals surface area (Å²) in [6.45, 7) is -0.0469. The molecule has 0 heterocycles. The molecular weight excluding hydrogens is 240 g/mol. The second-order valence-electron chi connectivity index (χ2n) is 6.22. The molecule has 2 aromatic rings. The highest BCUT2D eigenvalue weighted by atomic mass is 14.2. The Bertz CT molecular complexity index is 908. The molecule has 0 atom stereocenters. The Morgan fingerprint density at radius 2 is 1.40 bits per heavy atom. The SMILES string of the molecule is [2H]C([2H])([2H])c1cc(-c2ccc(C(C)(C)C)cc2C([2H])([2H])[2H])c(C([2H])([2H])[2H])cc1C. The highest BCUT2D eigenvalue weighted by molar-refractivity contribution is 5.72. The molecule has 0 N–H and O–H groups in total. The molecule has 0 aromatic heterocycles. The van der Waals surface area contributed by atoms with Crippen LogP contribution in [-0.2, 0) is 5.41 Å². The van der Waals surface area contributed by atoms with Gasteiger partial charge in [-0.3, -0.25) is 0 Å². The fourth-order valence-corrected chi connectivity index (χ4v) is 2.18. The van der Waals surface area contributed by atoms with Crippen molar-refractivity contribution in [1.82, 2.24) is 0 Å². The van der Waals surface area contributed by atoms with Crippen molar-refractivity contribution in [2.24, 2.45) is 0 Å². The molecule has 0 fully saturated rings. The summed E-state index contributed by atoms with van der Waals surface area (Å²) in [4.78, 5) is 0. The topological polar surface area (TPSA) is 0 Å². The molecular formula is C20H26. The Labute approximate surface area is 136 Å².